The summed E-state index contributed by atoms with van der Waals surface area (Å²) >= 11 is 0. The second-order valence-electron chi connectivity index (χ2n) is 7.23. The van der Waals surface area contributed by atoms with Crippen LogP contribution in [-0.2, 0) is 11.3 Å². The maximum atomic E-state index is 13.0. The number of nitro benzene ring substituents is 1. The highest BCUT2D eigenvalue weighted by Gasteiger charge is 2.39. The number of hydrogen-bond donors (Lipinski definition) is 1. The van der Waals surface area contributed by atoms with E-state index in [1.54, 1.807) is 31.1 Å². The molecular weight excluding hydrogens is 432 g/mol. The fourth-order valence-corrected chi connectivity index (χ4v) is 3.42. The number of esters is 1. The van der Waals surface area contributed by atoms with Crippen molar-refractivity contribution in [2.24, 2.45) is 0 Å². The van der Waals surface area contributed by atoms with Crippen molar-refractivity contribution in [3.63, 3.8) is 0 Å². The van der Waals surface area contributed by atoms with E-state index >= 15 is 0 Å². The summed E-state index contributed by atoms with van der Waals surface area (Å²) in [6.45, 7) is -0.448. The molecule has 0 unspecified atom stereocenters. The number of carbonyl (C=O) groups is 3. The standard InChI is InChI=1S/C21H16N6O6/c1-26(2)21-24-14(23-20(22)25-21)9-33-19(30)13-8-7-12-15(16(13)27(31)32)18(29)11-6-4-3-5-10(11)17(12)28/h3-8H,9H2,1-2H3,(H2,22,23,24,25). The highest BCUT2D eigenvalue weighted by atomic mass is 16.6. The number of benzene rings is 2. The molecular formula is C21H16N6O6. The van der Waals surface area contributed by atoms with Gasteiger partial charge < -0.3 is 15.4 Å². The van der Waals surface area contributed by atoms with Gasteiger partial charge in [-0.25, -0.2) is 4.79 Å². The lowest BCUT2D eigenvalue weighted by Crippen LogP contribution is -2.24. The Morgan fingerprint density at radius 2 is 1.70 bits per heavy atom. The van der Waals surface area contributed by atoms with E-state index in [4.69, 9.17) is 10.5 Å². The summed E-state index contributed by atoms with van der Waals surface area (Å²) in [6, 6.07) is 8.30. The quantitative estimate of drug-likeness (QED) is 0.267. The van der Waals surface area contributed by atoms with E-state index in [1.165, 1.54) is 18.2 Å². The van der Waals surface area contributed by atoms with Crippen LogP contribution in [0, 0.1) is 10.1 Å². The molecule has 3 aromatic rings. The van der Waals surface area contributed by atoms with Crippen LogP contribution in [0.25, 0.3) is 0 Å². The Labute approximate surface area is 186 Å². The van der Waals surface area contributed by atoms with E-state index in [1.807, 2.05) is 0 Å². The van der Waals surface area contributed by atoms with Crippen molar-refractivity contribution in [2.75, 3.05) is 24.7 Å². The monoisotopic (exact) mass is 448 g/mol. The van der Waals surface area contributed by atoms with Gasteiger partial charge in [0, 0.05) is 30.8 Å². The van der Waals surface area contributed by atoms with E-state index in [0.717, 1.165) is 6.07 Å². The molecule has 0 amide bonds. The second kappa shape index (κ2) is 8.07. The molecule has 0 saturated carbocycles. The molecule has 1 aromatic heterocycles. The van der Waals surface area contributed by atoms with E-state index in [-0.39, 0.29) is 34.4 Å². The molecule has 12 nitrogen and oxygen atoms in total. The molecule has 0 fully saturated rings. The van der Waals surface area contributed by atoms with Gasteiger partial charge in [-0.3, -0.25) is 19.7 Å². The Hall–Kier alpha value is -4.74. The molecule has 0 aliphatic heterocycles. The number of aromatic nitrogens is 3. The van der Waals surface area contributed by atoms with Crippen LogP contribution in [0.1, 0.15) is 48.0 Å². The Bertz CT molecular complexity index is 1350. The predicted molar refractivity (Wildman–Crippen MR) is 114 cm³/mol. The highest BCUT2D eigenvalue weighted by Crippen LogP contribution is 2.35. The molecule has 2 N–H and O–H groups in total. The predicted octanol–water partition coefficient (Wildman–Crippen LogP) is 1.56. The van der Waals surface area contributed by atoms with Crippen LogP contribution in [0.15, 0.2) is 36.4 Å². The number of carbonyl (C=O) groups excluding carboxylic acids is 3. The zero-order valence-corrected chi connectivity index (χ0v) is 17.4. The van der Waals surface area contributed by atoms with E-state index < -0.39 is 45.9 Å². The molecule has 166 valence electrons. The van der Waals surface area contributed by atoms with Gasteiger partial charge >= 0.3 is 5.97 Å². The van der Waals surface area contributed by atoms with E-state index in [2.05, 4.69) is 15.0 Å². The van der Waals surface area contributed by atoms with Gasteiger partial charge in [0.25, 0.3) is 5.69 Å². The van der Waals surface area contributed by atoms with E-state index in [0.29, 0.717) is 0 Å². The summed E-state index contributed by atoms with van der Waals surface area (Å²) in [6.07, 6.45) is 0. The van der Waals surface area contributed by atoms with Gasteiger partial charge in [-0.1, -0.05) is 24.3 Å². The number of ether oxygens (including phenoxy) is 1. The average molecular weight is 448 g/mol. The Morgan fingerprint density at radius 3 is 2.33 bits per heavy atom. The molecule has 2 aromatic carbocycles. The first-order chi connectivity index (χ1) is 15.7. The maximum Gasteiger partial charge on any atom is 0.345 e. The molecule has 0 radical (unpaired) electrons. The Balaban J connectivity index is 1.71. The molecule has 0 bridgehead atoms. The smallest absolute Gasteiger partial charge is 0.345 e. The van der Waals surface area contributed by atoms with Gasteiger partial charge in [0.15, 0.2) is 18.2 Å². The summed E-state index contributed by atoms with van der Waals surface area (Å²) < 4.78 is 5.15. The third-order valence-electron chi connectivity index (χ3n) is 4.89. The third-order valence-corrected chi connectivity index (χ3v) is 4.89. The van der Waals surface area contributed by atoms with Crippen molar-refractivity contribution in [3.8, 4) is 0 Å². The zero-order valence-electron chi connectivity index (χ0n) is 17.4. The normalized spacial score (nSPS) is 12.1. The third kappa shape index (κ3) is 3.73. The molecule has 12 heteroatoms. The van der Waals surface area contributed by atoms with Gasteiger partial charge in [-0.2, -0.15) is 15.0 Å². The van der Waals surface area contributed by atoms with Crippen molar-refractivity contribution in [2.45, 2.75) is 6.61 Å². The SMILES string of the molecule is CN(C)c1nc(N)nc(COC(=O)c2ccc3c(c2[N+](=O)[O-])C(=O)c2ccccc2C3=O)n1. The average Bonchev–Trinajstić information content (AvgIpc) is 2.79. The number of anilines is 2. The zero-order chi connectivity index (χ0) is 23.9. The number of ketones is 2. The van der Waals surface area contributed by atoms with Gasteiger partial charge in [0.1, 0.15) is 11.1 Å². The highest BCUT2D eigenvalue weighted by molar-refractivity contribution is 6.30. The summed E-state index contributed by atoms with van der Waals surface area (Å²) in [5.41, 5.74) is 3.93. The minimum absolute atomic E-state index is 0.0281. The van der Waals surface area contributed by atoms with Crippen molar-refractivity contribution in [3.05, 3.63) is 80.2 Å². The van der Waals surface area contributed by atoms with Crippen LogP contribution < -0.4 is 10.6 Å². The number of rotatable bonds is 5. The second-order valence-corrected chi connectivity index (χ2v) is 7.23. The minimum atomic E-state index is -1.09. The van der Waals surface area contributed by atoms with Crippen LogP contribution in [0.5, 0.6) is 0 Å². The summed E-state index contributed by atoms with van der Waals surface area (Å²) in [7, 11) is 3.36. The van der Waals surface area contributed by atoms with E-state index in [9.17, 15) is 24.5 Å². The molecule has 33 heavy (non-hydrogen) atoms. The van der Waals surface area contributed by atoms with Crippen molar-refractivity contribution >= 4 is 35.1 Å². The first kappa shape index (κ1) is 21.5. The van der Waals surface area contributed by atoms with Crippen LogP contribution in [-0.4, -0.2) is 51.5 Å². The lowest BCUT2D eigenvalue weighted by atomic mass is 9.82. The lowest BCUT2D eigenvalue weighted by molar-refractivity contribution is -0.385. The Kier molecular flexibility index (Phi) is 5.26. The molecule has 1 aliphatic carbocycles. The summed E-state index contributed by atoms with van der Waals surface area (Å²) in [5, 5.41) is 11.9. The van der Waals surface area contributed by atoms with Crippen LogP contribution in [0.3, 0.4) is 0 Å². The summed E-state index contributed by atoms with van der Waals surface area (Å²) in [5.74, 6) is -2.18. The topological polar surface area (TPSA) is 172 Å². The fraction of sp³-hybridized carbons (Fsp3) is 0.143. The van der Waals surface area contributed by atoms with Gasteiger partial charge in [-0.15, -0.1) is 0 Å². The first-order valence-corrected chi connectivity index (χ1v) is 9.53. The number of nitrogens with two attached hydrogens (primary N) is 1. The molecule has 0 atom stereocenters. The van der Waals surface area contributed by atoms with Crippen molar-refractivity contribution in [1.82, 2.24) is 15.0 Å². The first-order valence-electron chi connectivity index (χ1n) is 9.53. The molecule has 4 rings (SSSR count). The number of nitrogens with zero attached hydrogens (tertiary/aromatic N) is 5. The van der Waals surface area contributed by atoms with Crippen molar-refractivity contribution in [1.29, 1.82) is 0 Å². The number of hydrogen-bond acceptors (Lipinski definition) is 11. The largest absolute Gasteiger partial charge is 0.454 e. The fourth-order valence-electron chi connectivity index (χ4n) is 3.42. The number of nitro groups is 1. The van der Waals surface area contributed by atoms with Gasteiger partial charge in [0.05, 0.1) is 4.92 Å². The molecule has 1 aliphatic rings. The minimum Gasteiger partial charge on any atom is -0.454 e. The maximum absolute atomic E-state index is 13.0. The van der Waals surface area contributed by atoms with Crippen LogP contribution in [0.2, 0.25) is 0 Å². The molecule has 0 spiro atoms. The molecule has 1 heterocycles. The van der Waals surface area contributed by atoms with Crippen LogP contribution in [0.4, 0.5) is 17.6 Å². The summed E-state index contributed by atoms with van der Waals surface area (Å²) in [4.78, 5) is 63.0. The van der Waals surface area contributed by atoms with Crippen molar-refractivity contribution < 1.29 is 24.0 Å². The number of fused-ring (bicyclic) bond motifs is 2. The van der Waals surface area contributed by atoms with Gasteiger partial charge in [-0.05, 0) is 12.1 Å². The molecule has 0 saturated heterocycles. The van der Waals surface area contributed by atoms with Crippen LogP contribution >= 0.6 is 0 Å². The lowest BCUT2D eigenvalue weighted by Gasteiger charge is -2.18. The number of nitrogen functional groups attached to an aromatic ring is 1. The van der Waals surface area contributed by atoms with Gasteiger partial charge in [0.2, 0.25) is 17.7 Å². The Morgan fingerprint density at radius 1 is 1.03 bits per heavy atom.